The first-order valence-electron chi connectivity index (χ1n) is 5.39. The fourth-order valence-electron chi connectivity index (χ4n) is 1.57. The molecule has 0 aliphatic heterocycles. The molecule has 0 aliphatic rings. The second-order valence-electron chi connectivity index (χ2n) is 3.92. The number of hydrogen-bond acceptors (Lipinski definition) is 3. The molecule has 0 fully saturated rings. The number of anilines is 3. The van der Waals surface area contributed by atoms with E-state index in [9.17, 15) is 13.6 Å². The van der Waals surface area contributed by atoms with Crippen LogP contribution in [0.2, 0.25) is 0 Å². The minimum atomic E-state index is -0.616. The lowest BCUT2D eigenvalue weighted by molar-refractivity contribution is 0.100. The number of carbonyl (C=O) groups excluding carboxylic acids is 1. The highest BCUT2D eigenvalue weighted by Gasteiger charge is 2.08. The zero-order chi connectivity index (χ0) is 14.0. The number of carbonyl (C=O) groups is 1. The van der Waals surface area contributed by atoms with Gasteiger partial charge in [-0.05, 0) is 30.3 Å². The Morgan fingerprint density at radius 3 is 2.42 bits per heavy atom. The molecule has 2 aromatic rings. The van der Waals surface area contributed by atoms with Crippen molar-refractivity contribution >= 4 is 23.0 Å². The number of benzene rings is 2. The molecule has 1 amide bonds. The standard InChI is InChI=1S/C13H11F2N3O/c14-8-2-3-9(15)12(6-8)18-11-4-1-7(13(17)19)5-10(11)16/h1-6,18H,16H2,(H2,17,19). The summed E-state index contributed by atoms with van der Waals surface area (Å²) in [6, 6.07) is 7.31. The first-order chi connectivity index (χ1) is 8.97. The lowest BCUT2D eigenvalue weighted by Crippen LogP contribution is -2.11. The van der Waals surface area contributed by atoms with Crippen molar-refractivity contribution < 1.29 is 13.6 Å². The first kappa shape index (κ1) is 12.8. The minimum Gasteiger partial charge on any atom is -0.397 e. The number of nitrogen functional groups attached to an aromatic ring is 1. The van der Waals surface area contributed by atoms with Gasteiger partial charge in [0.25, 0.3) is 0 Å². The monoisotopic (exact) mass is 263 g/mol. The van der Waals surface area contributed by atoms with E-state index in [1.54, 1.807) is 0 Å². The van der Waals surface area contributed by atoms with E-state index in [0.717, 1.165) is 18.2 Å². The second kappa shape index (κ2) is 4.93. The van der Waals surface area contributed by atoms with E-state index in [-0.39, 0.29) is 16.9 Å². The van der Waals surface area contributed by atoms with Gasteiger partial charge in [-0.25, -0.2) is 8.78 Å². The Morgan fingerprint density at radius 1 is 1.05 bits per heavy atom. The van der Waals surface area contributed by atoms with Gasteiger partial charge in [-0.3, -0.25) is 4.79 Å². The fraction of sp³-hybridized carbons (Fsp3) is 0. The van der Waals surface area contributed by atoms with Crippen LogP contribution >= 0.6 is 0 Å². The smallest absolute Gasteiger partial charge is 0.248 e. The summed E-state index contributed by atoms with van der Waals surface area (Å²) in [5.41, 5.74) is 11.6. The Labute approximate surface area is 108 Å². The van der Waals surface area contributed by atoms with Gasteiger partial charge in [0.2, 0.25) is 5.91 Å². The summed E-state index contributed by atoms with van der Waals surface area (Å²) in [5.74, 6) is -1.80. The number of nitrogens with one attached hydrogen (secondary N) is 1. The van der Waals surface area contributed by atoms with Crippen molar-refractivity contribution in [1.29, 1.82) is 0 Å². The number of halogens is 2. The van der Waals surface area contributed by atoms with Crippen LogP contribution in [0.1, 0.15) is 10.4 Å². The molecule has 0 aliphatic carbocycles. The molecule has 0 atom stereocenters. The SMILES string of the molecule is NC(=O)c1ccc(Nc2cc(F)ccc2F)c(N)c1. The molecule has 0 saturated carbocycles. The largest absolute Gasteiger partial charge is 0.397 e. The highest BCUT2D eigenvalue weighted by molar-refractivity contribution is 5.95. The molecule has 2 rings (SSSR count). The van der Waals surface area contributed by atoms with Crippen LogP contribution in [-0.2, 0) is 0 Å². The predicted octanol–water partition coefficient (Wildman–Crippen LogP) is 2.39. The van der Waals surface area contributed by atoms with E-state index in [4.69, 9.17) is 11.5 Å². The third-order valence-electron chi connectivity index (χ3n) is 2.53. The van der Waals surface area contributed by atoms with Crippen LogP contribution < -0.4 is 16.8 Å². The van der Waals surface area contributed by atoms with E-state index < -0.39 is 17.5 Å². The van der Waals surface area contributed by atoms with Crippen molar-refractivity contribution in [3.05, 3.63) is 53.6 Å². The molecule has 0 aromatic heterocycles. The molecule has 19 heavy (non-hydrogen) atoms. The molecule has 5 N–H and O–H groups in total. The van der Waals surface area contributed by atoms with Crippen molar-refractivity contribution in [3.8, 4) is 0 Å². The normalized spacial score (nSPS) is 10.2. The van der Waals surface area contributed by atoms with Gasteiger partial charge in [-0.1, -0.05) is 0 Å². The quantitative estimate of drug-likeness (QED) is 0.744. The molecular weight excluding hydrogens is 252 g/mol. The van der Waals surface area contributed by atoms with Crippen LogP contribution in [0.5, 0.6) is 0 Å². The van der Waals surface area contributed by atoms with Crippen LogP contribution in [0.15, 0.2) is 36.4 Å². The van der Waals surface area contributed by atoms with Crippen LogP contribution in [0.25, 0.3) is 0 Å². The molecule has 0 bridgehead atoms. The average Bonchev–Trinajstić information content (AvgIpc) is 2.36. The van der Waals surface area contributed by atoms with Crippen molar-refractivity contribution in [2.45, 2.75) is 0 Å². The average molecular weight is 263 g/mol. The summed E-state index contributed by atoms with van der Waals surface area (Å²) in [7, 11) is 0. The molecule has 0 unspecified atom stereocenters. The van der Waals surface area contributed by atoms with E-state index in [1.807, 2.05) is 0 Å². The Morgan fingerprint density at radius 2 is 1.79 bits per heavy atom. The van der Waals surface area contributed by atoms with Gasteiger partial charge in [0.05, 0.1) is 17.1 Å². The van der Waals surface area contributed by atoms with E-state index in [1.165, 1.54) is 18.2 Å². The highest BCUT2D eigenvalue weighted by Crippen LogP contribution is 2.26. The number of rotatable bonds is 3. The molecule has 0 spiro atoms. The Hall–Kier alpha value is -2.63. The number of hydrogen-bond donors (Lipinski definition) is 3. The predicted molar refractivity (Wildman–Crippen MR) is 69.0 cm³/mol. The Bertz CT molecular complexity index is 644. The van der Waals surface area contributed by atoms with E-state index >= 15 is 0 Å². The van der Waals surface area contributed by atoms with Crippen molar-refractivity contribution in [2.24, 2.45) is 5.73 Å². The highest BCUT2D eigenvalue weighted by atomic mass is 19.1. The lowest BCUT2D eigenvalue weighted by atomic mass is 10.1. The first-order valence-corrected chi connectivity index (χ1v) is 5.39. The van der Waals surface area contributed by atoms with Crippen LogP contribution in [-0.4, -0.2) is 5.91 Å². The maximum atomic E-state index is 13.5. The van der Waals surface area contributed by atoms with Gasteiger partial charge in [0, 0.05) is 11.6 Å². The summed E-state index contributed by atoms with van der Waals surface area (Å²) >= 11 is 0. The zero-order valence-corrected chi connectivity index (χ0v) is 9.78. The summed E-state index contributed by atoms with van der Waals surface area (Å²) in [6.07, 6.45) is 0. The van der Waals surface area contributed by atoms with Gasteiger partial charge < -0.3 is 16.8 Å². The van der Waals surface area contributed by atoms with Crippen molar-refractivity contribution in [1.82, 2.24) is 0 Å². The fourth-order valence-corrected chi connectivity index (χ4v) is 1.57. The summed E-state index contributed by atoms with van der Waals surface area (Å²) < 4.78 is 26.5. The Kier molecular flexibility index (Phi) is 3.33. The van der Waals surface area contributed by atoms with Crippen molar-refractivity contribution in [2.75, 3.05) is 11.1 Å². The third-order valence-corrected chi connectivity index (χ3v) is 2.53. The van der Waals surface area contributed by atoms with Gasteiger partial charge in [0.1, 0.15) is 11.6 Å². The summed E-state index contributed by atoms with van der Waals surface area (Å²) in [5, 5.41) is 2.66. The molecule has 4 nitrogen and oxygen atoms in total. The Balaban J connectivity index is 2.33. The van der Waals surface area contributed by atoms with Crippen molar-refractivity contribution in [3.63, 3.8) is 0 Å². The molecule has 98 valence electrons. The lowest BCUT2D eigenvalue weighted by Gasteiger charge is -2.11. The van der Waals surface area contributed by atoms with Crippen LogP contribution in [0.4, 0.5) is 25.8 Å². The molecule has 0 saturated heterocycles. The number of amides is 1. The molecule has 0 heterocycles. The maximum Gasteiger partial charge on any atom is 0.248 e. The molecule has 6 heteroatoms. The third kappa shape index (κ3) is 2.79. The topological polar surface area (TPSA) is 81.1 Å². The van der Waals surface area contributed by atoms with Crippen LogP contribution in [0, 0.1) is 11.6 Å². The van der Waals surface area contributed by atoms with Crippen LogP contribution in [0.3, 0.4) is 0 Å². The number of primary amides is 1. The van der Waals surface area contributed by atoms with E-state index in [0.29, 0.717) is 5.69 Å². The molecule has 0 radical (unpaired) electrons. The second-order valence-corrected chi connectivity index (χ2v) is 3.92. The van der Waals surface area contributed by atoms with Gasteiger partial charge in [-0.15, -0.1) is 0 Å². The van der Waals surface area contributed by atoms with Gasteiger partial charge in [-0.2, -0.15) is 0 Å². The molecule has 2 aromatic carbocycles. The van der Waals surface area contributed by atoms with E-state index in [2.05, 4.69) is 5.32 Å². The minimum absolute atomic E-state index is 0.0430. The summed E-state index contributed by atoms with van der Waals surface area (Å²) in [6.45, 7) is 0. The molecular formula is C13H11F2N3O. The zero-order valence-electron chi connectivity index (χ0n) is 9.78. The number of nitrogens with two attached hydrogens (primary N) is 2. The summed E-state index contributed by atoms with van der Waals surface area (Å²) in [4.78, 5) is 11.0. The maximum absolute atomic E-state index is 13.5. The van der Waals surface area contributed by atoms with Gasteiger partial charge >= 0.3 is 0 Å². The van der Waals surface area contributed by atoms with Gasteiger partial charge in [0.15, 0.2) is 0 Å².